The summed E-state index contributed by atoms with van der Waals surface area (Å²) in [4.78, 5) is 16.6. The predicted octanol–water partition coefficient (Wildman–Crippen LogP) is 6.12. The lowest BCUT2D eigenvalue weighted by Gasteiger charge is -2.31. The largest absolute Gasteiger partial charge is 0.444 e. The van der Waals surface area contributed by atoms with E-state index in [9.17, 15) is 4.79 Å². The first-order chi connectivity index (χ1) is 12.8. The Kier molecular flexibility index (Phi) is 6.15. The Morgan fingerprint density at radius 2 is 1.89 bits per heavy atom. The zero-order valence-corrected chi connectivity index (χ0v) is 17.5. The first-order valence-electron chi connectivity index (χ1n) is 9.62. The van der Waals surface area contributed by atoms with E-state index in [0.717, 1.165) is 12.8 Å². The lowest BCUT2D eigenvalue weighted by molar-refractivity contribution is 0.0286. The summed E-state index contributed by atoms with van der Waals surface area (Å²) in [6, 6.07) is 17.3. The summed E-state index contributed by atoms with van der Waals surface area (Å²) >= 11 is 1.80. The average molecular weight is 384 g/mol. The van der Waals surface area contributed by atoms with Crippen molar-refractivity contribution in [2.75, 3.05) is 13.6 Å². The number of rotatable bonds is 4. The van der Waals surface area contributed by atoms with E-state index in [2.05, 4.69) is 42.5 Å². The van der Waals surface area contributed by atoms with Crippen molar-refractivity contribution in [3.8, 4) is 0 Å². The van der Waals surface area contributed by atoms with Crippen LogP contribution < -0.4 is 0 Å². The quantitative estimate of drug-likeness (QED) is 0.636. The van der Waals surface area contributed by atoms with Crippen molar-refractivity contribution in [2.24, 2.45) is 0 Å². The van der Waals surface area contributed by atoms with Crippen LogP contribution in [0, 0.1) is 0 Å². The standard InChI is InChI=1S/C23H29NO2S/c1-23(2,3)26-22(25)24(4)16-18-10-8-9-17-15-20(13-14-21(17)18)27-19-11-6-5-7-12-19/h5-7,11-15,18H,8-10,16H2,1-4H3. The highest BCUT2D eigenvalue weighted by Crippen LogP contribution is 2.36. The van der Waals surface area contributed by atoms with Crippen LogP contribution >= 0.6 is 11.8 Å². The minimum atomic E-state index is -0.459. The van der Waals surface area contributed by atoms with Gasteiger partial charge in [0, 0.05) is 29.3 Å². The lowest BCUT2D eigenvalue weighted by atomic mass is 9.82. The molecule has 1 aliphatic carbocycles. The van der Waals surface area contributed by atoms with Crippen molar-refractivity contribution >= 4 is 17.9 Å². The van der Waals surface area contributed by atoms with Gasteiger partial charge in [-0.2, -0.15) is 0 Å². The van der Waals surface area contributed by atoms with Gasteiger partial charge in [0.15, 0.2) is 0 Å². The number of hydrogen-bond donors (Lipinski definition) is 0. The third-order valence-corrected chi connectivity index (χ3v) is 5.73. The number of benzene rings is 2. The number of ether oxygens (including phenoxy) is 1. The van der Waals surface area contributed by atoms with Gasteiger partial charge in [-0.3, -0.25) is 0 Å². The average Bonchev–Trinajstić information content (AvgIpc) is 2.61. The third-order valence-electron chi connectivity index (χ3n) is 4.73. The molecule has 0 spiro atoms. The number of carbonyl (C=O) groups is 1. The van der Waals surface area contributed by atoms with Gasteiger partial charge in [0.25, 0.3) is 0 Å². The van der Waals surface area contributed by atoms with Gasteiger partial charge in [-0.1, -0.05) is 36.0 Å². The van der Waals surface area contributed by atoms with Gasteiger partial charge in [-0.15, -0.1) is 0 Å². The van der Waals surface area contributed by atoms with Gasteiger partial charge in [-0.25, -0.2) is 4.79 Å². The summed E-state index contributed by atoms with van der Waals surface area (Å²) in [5.41, 5.74) is 2.35. The molecule has 0 aliphatic heterocycles. The van der Waals surface area contributed by atoms with Crippen molar-refractivity contribution in [1.82, 2.24) is 4.90 Å². The summed E-state index contributed by atoms with van der Waals surface area (Å²) in [5, 5.41) is 0. The minimum absolute atomic E-state index is 0.245. The highest BCUT2D eigenvalue weighted by Gasteiger charge is 2.26. The predicted molar refractivity (Wildman–Crippen MR) is 112 cm³/mol. The molecule has 0 aromatic heterocycles. The molecule has 0 radical (unpaired) electrons. The molecule has 0 N–H and O–H groups in total. The van der Waals surface area contributed by atoms with Crippen LogP contribution in [0.2, 0.25) is 0 Å². The molecule has 1 atom stereocenters. The molecule has 1 aliphatic rings. The summed E-state index contributed by atoms with van der Waals surface area (Å²) in [5.74, 6) is 0.377. The van der Waals surface area contributed by atoms with Crippen LogP contribution in [0.15, 0.2) is 58.3 Å². The van der Waals surface area contributed by atoms with Gasteiger partial charge < -0.3 is 9.64 Å². The van der Waals surface area contributed by atoms with Crippen LogP contribution in [-0.2, 0) is 11.2 Å². The van der Waals surface area contributed by atoms with E-state index in [4.69, 9.17) is 4.74 Å². The molecule has 3 rings (SSSR count). The maximum absolute atomic E-state index is 12.3. The smallest absolute Gasteiger partial charge is 0.410 e. The van der Waals surface area contributed by atoms with Crippen LogP contribution in [-0.4, -0.2) is 30.2 Å². The van der Waals surface area contributed by atoms with Crippen molar-refractivity contribution in [2.45, 2.75) is 61.3 Å². The topological polar surface area (TPSA) is 29.5 Å². The van der Waals surface area contributed by atoms with E-state index in [1.807, 2.05) is 33.9 Å². The van der Waals surface area contributed by atoms with E-state index >= 15 is 0 Å². The highest BCUT2D eigenvalue weighted by atomic mass is 32.2. The maximum Gasteiger partial charge on any atom is 0.410 e. The summed E-state index contributed by atoms with van der Waals surface area (Å²) in [7, 11) is 1.84. The van der Waals surface area contributed by atoms with Crippen molar-refractivity contribution in [1.29, 1.82) is 0 Å². The molecule has 4 heteroatoms. The molecule has 27 heavy (non-hydrogen) atoms. The van der Waals surface area contributed by atoms with Crippen LogP contribution in [0.1, 0.15) is 50.7 Å². The van der Waals surface area contributed by atoms with Crippen LogP contribution in [0.5, 0.6) is 0 Å². The van der Waals surface area contributed by atoms with E-state index < -0.39 is 5.60 Å². The van der Waals surface area contributed by atoms with Crippen molar-refractivity contribution in [3.63, 3.8) is 0 Å². The molecule has 0 heterocycles. The molecule has 144 valence electrons. The number of nitrogens with zero attached hydrogens (tertiary/aromatic N) is 1. The van der Waals surface area contributed by atoms with Gasteiger partial charge >= 0.3 is 6.09 Å². The van der Waals surface area contributed by atoms with E-state index in [-0.39, 0.29) is 6.09 Å². The lowest BCUT2D eigenvalue weighted by Crippen LogP contribution is -2.37. The fourth-order valence-electron chi connectivity index (χ4n) is 3.51. The highest BCUT2D eigenvalue weighted by molar-refractivity contribution is 7.99. The molecular weight excluding hydrogens is 354 g/mol. The number of carbonyl (C=O) groups excluding carboxylic acids is 1. The second kappa shape index (κ2) is 8.39. The van der Waals surface area contributed by atoms with E-state index in [1.165, 1.54) is 27.3 Å². The third kappa shape index (κ3) is 5.52. The van der Waals surface area contributed by atoms with Crippen LogP contribution in [0.25, 0.3) is 0 Å². The first kappa shape index (κ1) is 19.8. The van der Waals surface area contributed by atoms with Gasteiger partial charge in [0.1, 0.15) is 5.60 Å². The summed E-state index contributed by atoms with van der Waals surface area (Å²) < 4.78 is 5.50. The number of hydrogen-bond acceptors (Lipinski definition) is 3. The molecule has 2 aromatic carbocycles. The molecule has 0 saturated carbocycles. The Hall–Kier alpha value is -1.94. The van der Waals surface area contributed by atoms with E-state index in [0.29, 0.717) is 12.5 Å². The molecule has 0 fully saturated rings. The number of fused-ring (bicyclic) bond motifs is 1. The minimum Gasteiger partial charge on any atom is -0.444 e. The fraction of sp³-hybridized carbons (Fsp3) is 0.435. The number of aryl methyl sites for hydroxylation is 1. The van der Waals surface area contributed by atoms with Crippen molar-refractivity contribution < 1.29 is 9.53 Å². The van der Waals surface area contributed by atoms with E-state index in [1.54, 1.807) is 16.7 Å². The maximum atomic E-state index is 12.3. The Morgan fingerprint density at radius 3 is 2.59 bits per heavy atom. The Labute approximate surface area is 167 Å². The molecule has 1 amide bonds. The zero-order valence-electron chi connectivity index (χ0n) is 16.7. The normalized spacial score (nSPS) is 16.5. The summed E-state index contributed by atoms with van der Waals surface area (Å²) in [6.45, 7) is 6.41. The van der Waals surface area contributed by atoms with Gasteiger partial charge in [-0.05, 0) is 75.4 Å². The molecule has 3 nitrogen and oxygen atoms in total. The fourth-order valence-corrected chi connectivity index (χ4v) is 4.42. The first-order valence-corrected chi connectivity index (χ1v) is 10.4. The Morgan fingerprint density at radius 1 is 1.15 bits per heavy atom. The summed E-state index contributed by atoms with van der Waals surface area (Å²) in [6.07, 6.45) is 3.15. The Bertz CT molecular complexity index is 783. The second-order valence-corrected chi connectivity index (χ2v) is 9.37. The number of amides is 1. The second-order valence-electron chi connectivity index (χ2n) is 8.23. The molecule has 2 aromatic rings. The van der Waals surface area contributed by atoms with Gasteiger partial charge in [0.05, 0.1) is 0 Å². The molecule has 0 saturated heterocycles. The monoisotopic (exact) mass is 383 g/mol. The number of likely N-dealkylation sites (N-methyl/N-ethyl adjacent to an activating group) is 1. The van der Waals surface area contributed by atoms with Crippen LogP contribution in [0.3, 0.4) is 0 Å². The molecule has 0 bridgehead atoms. The zero-order chi connectivity index (χ0) is 19.4. The SMILES string of the molecule is CN(CC1CCCc2cc(Sc3ccccc3)ccc21)C(=O)OC(C)(C)C. The Balaban J connectivity index is 1.70. The molecular formula is C23H29NO2S. The molecule has 1 unspecified atom stereocenters. The van der Waals surface area contributed by atoms with Crippen LogP contribution in [0.4, 0.5) is 4.79 Å². The van der Waals surface area contributed by atoms with Crippen molar-refractivity contribution in [3.05, 3.63) is 59.7 Å². The van der Waals surface area contributed by atoms with Gasteiger partial charge in [0.2, 0.25) is 0 Å².